The van der Waals surface area contributed by atoms with Gasteiger partial charge in [-0.3, -0.25) is 9.69 Å². The molecule has 33 heavy (non-hydrogen) atoms. The highest BCUT2D eigenvalue weighted by atomic mass is 19.4. The summed E-state index contributed by atoms with van der Waals surface area (Å²) in [5, 5.41) is 0. The average Bonchev–Trinajstić information content (AvgIpc) is 3.06. The lowest BCUT2D eigenvalue weighted by Gasteiger charge is -2.46. The summed E-state index contributed by atoms with van der Waals surface area (Å²) in [6.45, 7) is 8.05. The minimum Gasteiger partial charge on any atom is -0.462 e. The highest BCUT2D eigenvalue weighted by Crippen LogP contribution is 2.55. The maximum Gasteiger partial charge on any atom is 0.416 e. The number of esters is 1. The SMILES string of the molecule is CC1=C2CC3C(CC2(C)CCC1)OC(=O)C3CN1CCN(c2cccc(C(F)(F)F)c2)CC1. The summed E-state index contributed by atoms with van der Waals surface area (Å²) in [5.74, 6) is 0.0720. The topological polar surface area (TPSA) is 32.8 Å². The molecule has 0 aromatic heterocycles. The minimum atomic E-state index is -4.33. The van der Waals surface area contributed by atoms with Crippen LogP contribution in [0, 0.1) is 17.3 Å². The molecular formula is C26H33F3N2O2. The van der Waals surface area contributed by atoms with E-state index in [4.69, 9.17) is 4.74 Å². The first-order valence-corrected chi connectivity index (χ1v) is 12.2. The van der Waals surface area contributed by atoms with E-state index in [2.05, 4.69) is 18.7 Å². The number of rotatable bonds is 3. The molecule has 2 saturated heterocycles. The summed E-state index contributed by atoms with van der Waals surface area (Å²) in [4.78, 5) is 17.1. The predicted octanol–water partition coefficient (Wildman–Crippen LogP) is 5.29. The monoisotopic (exact) mass is 462 g/mol. The van der Waals surface area contributed by atoms with Gasteiger partial charge in [0.05, 0.1) is 11.5 Å². The molecule has 0 bridgehead atoms. The highest BCUT2D eigenvalue weighted by Gasteiger charge is 2.53. The Morgan fingerprint density at radius 2 is 1.94 bits per heavy atom. The molecular weight excluding hydrogens is 429 g/mol. The molecule has 4 atom stereocenters. The van der Waals surface area contributed by atoms with Crippen molar-refractivity contribution < 1.29 is 22.7 Å². The van der Waals surface area contributed by atoms with Gasteiger partial charge >= 0.3 is 12.1 Å². The number of ether oxygens (including phenoxy) is 1. The molecule has 1 aromatic carbocycles. The summed E-state index contributed by atoms with van der Waals surface area (Å²) in [6.07, 6.45) is 1.16. The smallest absolute Gasteiger partial charge is 0.416 e. The molecule has 3 fully saturated rings. The van der Waals surface area contributed by atoms with Crippen LogP contribution in [0.15, 0.2) is 35.4 Å². The third kappa shape index (κ3) is 4.29. The Morgan fingerprint density at radius 1 is 1.18 bits per heavy atom. The van der Waals surface area contributed by atoms with Crippen molar-refractivity contribution >= 4 is 11.7 Å². The van der Waals surface area contributed by atoms with Crippen LogP contribution < -0.4 is 4.90 Å². The zero-order valence-corrected chi connectivity index (χ0v) is 19.5. The van der Waals surface area contributed by atoms with Gasteiger partial charge in [-0.15, -0.1) is 0 Å². The lowest BCUT2D eigenvalue weighted by Crippen LogP contribution is -2.49. The van der Waals surface area contributed by atoms with Crippen molar-refractivity contribution in [1.29, 1.82) is 0 Å². The van der Waals surface area contributed by atoms with E-state index in [-0.39, 0.29) is 29.3 Å². The number of benzene rings is 1. The van der Waals surface area contributed by atoms with Crippen LogP contribution in [0.4, 0.5) is 18.9 Å². The van der Waals surface area contributed by atoms with Gasteiger partial charge in [-0.25, -0.2) is 0 Å². The number of allylic oxidation sites excluding steroid dienone is 2. The van der Waals surface area contributed by atoms with Crippen molar-refractivity contribution in [2.75, 3.05) is 37.6 Å². The van der Waals surface area contributed by atoms with Gasteiger partial charge in [-0.2, -0.15) is 13.2 Å². The molecule has 2 heterocycles. The molecule has 0 spiro atoms. The molecule has 1 saturated carbocycles. The molecule has 0 radical (unpaired) electrons. The number of carbonyl (C=O) groups excluding carboxylic acids is 1. The lowest BCUT2D eigenvalue weighted by molar-refractivity contribution is -0.145. The van der Waals surface area contributed by atoms with Gasteiger partial charge in [-0.1, -0.05) is 24.1 Å². The van der Waals surface area contributed by atoms with Crippen molar-refractivity contribution in [1.82, 2.24) is 4.90 Å². The third-order valence-corrected chi connectivity index (χ3v) is 8.55. The molecule has 5 rings (SSSR count). The van der Waals surface area contributed by atoms with Crippen LogP contribution in [0.1, 0.15) is 51.5 Å². The fraction of sp³-hybridized carbons (Fsp3) is 0.654. The number of fused-ring (bicyclic) bond motifs is 2. The molecule has 0 N–H and O–H groups in total. The predicted molar refractivity (Wildman–Crippen MR) is 121 cm³/mol. The Kier molecular flexibility index (Phi) is 5.74. The molecule has 1 aromatic rings. The zero-order valence-electron chi connectivity index (χ0n) is 19.5. The summed E-state index contributed by atoms with van der Waals surface area (Å²) in [5.41, 5.74) is 3.24. The Labute approximate surface area is 193 Å². The van der Waals surface area contributed by atoms with E-state index in [0.29, 0.717) is 25.3 Å². The van der Waals surface area contributed by atoms with E-state index in [9.17, 15) is 18.0 Å². The largest absolute Gasteiger partial charge is 0.462 e. The van der Waals surface area contributed by atoms with E-state index in [1.807, 2.05) is 4.90 Å². The number of piperazine rings is 1. The minimum absolute atomic E-state index is 0.0218. The van der Waals surface area contributed by atoms with Crippen LogP contribution in [0.25, 0.3) is 0 Å². The maximum absolute atomic E-state index is 13.1. The fourth-order valence-electron chi connectivity index (χ4n) is 6.67. The molecule has 0 amide bonds. The maximum atomic E-state index is 13.1. The normalized spacial score (nSPS) is 33.1. The first-order valence-electron chi connectivity index (χ1n) is 12.2. The van der Waals surface area contributed by atoms with Gasteiger partial charge in [0, 0.05) is 44.3 Å². The third-order valence-electron chi connectivity index (χ3n) is 8.55. The lowest BCUT2D eigenvalue weighted by atomic mass is 9.59. The zero-order chi connectivity index (χ0) is 23.4. The number of carbonyl (C=O) groups is 1. The highest BCUT2D eigenvalue weighted by molar-refractivity contribution is 5.76. The Morgan fingerprint density at radius 3 is 2.67 bits per heavy atom. The first kappa shape index (κ1) is 22.8. The number of hydrogen-bond acceptors (Lipinski definition) is 4. The molecule has 4 aliphatic rings. The standard InChI is InChI=1S/C26H33F3N2O2/c1-17-5-4-8-25(2)15-23-20(14-22(17)25)21(24(32)33-23)16-30-9-11-31(12-10-30)19-7-3-6-18(13-19)26(27,28)29/h3,6-7,13,20-21,23H,4-5,8-12,14-16H2,1-2H3. The average molecular weight is 463 g/mol. The first-order chi connectivity index (χ1) is 15.6. The molecule has 2 aliphatic heterocycles. The number of halogens is 3. The van der Waals surface area contributed by atoms with E-state index >= 15 is 0 Å². The molecule has 7 heteroatoms. The fourth-order valence-corrected chi connectivity index (χ4v) is 6.67. The van der Waals surface area contributed by atoms with Crippen molar-refractivity contribution in [3.05, 3.63) is 41.0 Å². The van der Waals surface area contributed by atoms with Crippen molar-refractivity contribution in [3.63, 3.8) is 0 Å². The Balaban J connectivity index is 1.23. The van der Waals surface area contributed by atoms with Crippen LogP contribution in [-0.2, 0) is 15.7 Å². The van der Waals surface area contributed by atoms with Gasteiger partial charge in [0.15, 0.2) is 0 Å². The van der Waals surface area contributed by atoms with Crippen molar-refractivity contribution in [3.8, 4) is 0 Å². The van der Waals surface area contributed by atoms with E-state index < -0.39 is 11.7 Å². The van der Waals surface area contributed by atoms with Crippen LogP contribution in [-0.4, -0.2) is 49.7 Å². The second-order valence-corrected chi connectivity index (χ2v) is 10.7. The molecule has 4 unspecified atom stereocenters. The van der Waals surface area contributed by atoms with Gasteiger partial charge in [-0.05, 0) is 62.6 Å². The number of nitrogens with zero attached hydrogens (tertiary/aromatic N) is 2. The van der Waals surface area contributed by atoms with Crippen LogP contribution in [0.5, 0.6) is 0 Å². The van der Waals surface area contributed by atoms with E-state index in [0.717, 1.165) is 32.0 Å². The summed E-state index contributed by atoms with van der Waals surface area (Å²) < 4.78 is 45.1. The molecule has 180 valence electrons. The van der Waals surface area contributed by atoms with Crippen molar-refractivity contribution in [2.24, 2.45) is 17.3 Å². The van der Waals surface area contributed by atoms with Crippen LogP contribution in [0.3, 0.4) is 0 Å². The van der Waals surface area contributed by atoms with Gasteiger partial charge in [0.2, 0.25) is 0 Å². The number of anilines is 1. The number of alkyl halides is 3. The summed E-state index contributed by atoms with van der Waals surface area (Å²) in [6, 6.07) is 5.55. The Bertz CT molecular complexity index is 951. The summed E-state index contributed by atoms with van der Waals surface area (Å²) >= 11 is 0. The van der Waals surface area contributed by atoms with Gasteiger partial charge in [0.1, 0.15) is 6.10 Å². The van der Waals surface area contributed by atoms with Gasteiger partial charge < -0.3 is 9.64 Å². The van der Waals surface area contributed by atoms with Crippen LogP contribution in [0.2, 0.25) is 0 Å². The Hall–Kier alpha value is -2.02. The van der Waals surface area contributed by atoms with Crippen molar-refractivity contribution in [2.45, 2.75) is 58.2 Å². The second kappa shape index (κ2) is 8.33. The van der Waals surface area contributed by atoms with Crippen LogP contribution >= 0.6 is 0 Å². The quantitative estimate of drug-likeness (QED) is 0.452. The second-order valence-electron chi connectivity index (χ2n) is 10.7. The summed E-state index contributed by atoms with van der Waals surface area (Å²) in [7, 11) is 0. The molecule has 2 aliphatic carbocycles. The van der Waals surface area contributed by atoms with Gasteiger partial charge in [0.25, 0.3) is 0 Å². The molecule has 4 nitrogen and oxygen atoms in total. The van der Waals surface area contributed by atoms with E-state index in [1.165, 1.54) is 37.0 Å². The number of hydrogen-bond donors (Lipinski definition) is 0. The van der Waals surface area contributed by atoms with E-state index in [1.54, 1.807) is 11.6 Å².